The molecule has 0 radical (unpaired) electrons. The summed E-state index contributed by atoms with van der Waals surface area (Å²) in [5, 5.41) is 19.7. The van der Waals surface area contributed by atoms with Crippen molar-refractivity contribution in [2.45, 2.75) is 25.0 Å². The van der Waals surface area contributed by atoms with Gasteiger partial charge in [0.1, 0.15) is 5.60 Å². The Morgan fingerprint density at radius 2 is 2.00 bits per heavy atom. The molecule has 0 spiro atoms. The normalized spacial score (nSPS) is 16.7. The van der Waals surface area contributed by atoms with Crippen molar-refractivity contribution in [1.82, 2.24) is 0 Å². The Kier molecular flexibility index (Phi) is 3.29. The predicted molar refractivity (Wildman–Crippen MR) is 55.5 cm³/mol. The highest BCUT2D eigenvalue weighted by Crippen LogP contribution is 2.28. The van der Waals surface area contributed by atoms with Crippen LogP contribution in [-0.2, 0) is 5.60 Å². The van der Waals surface area contributed by atoms with Crippen LogP contribution in [0.5, 0.6) is 0 Å². The molecule has 0 aliphatic rings. The minimum atomic E-state index is -1.34. The van der Waals surface area contributed by atoms with Crippen LogP contribution in [0.3, 0.4) is 0 Å². The van der Waals surface area contributed by atoms with Crippen LogP contribution in [-0.4, -0.2) is 16.3 Å². The number of aliphatic hydroxyl groups is 2. The maximum Gasteiger partial charge on any atom is 0.126 e. The van der Waals surface area contributed by atoms with Gasteiger partial charge in [0.05, 0.1) is 6.10 Å². The van der Waals surface area contributed by atoms with E-state index in [4.69, 9.17) is 6.42 Å². The van der Waals surface area contributed by atoms with Crippen LogP contribution in [0.4, 0.5) is 0 Å². The first-order valence-electron chi connectivity index (χ1n) is 4.50. The highest BCUT2D eigenvalue weighted by Gasteiger charge is 2.33. The molecule has 0 aliphatic heterocycles. The number of hydrogen-bond acceptors (Lipinski definition) is 2. The first kappa shape index (κ1) is 10.8. The van der Waals surface area contributed by atoms with E-state index in [2.05, 4.69) is 5.92 Å². The average molecular weight is 190 g/mol. The second-order valence-electron chi connectivity index (χ2n) is 3.35. The smallest absolute Gasteiger partial charge is 0.126 e. The SMILES string of the molecule is C#CCC(O)(c1ccccc1)C(C)O. The lowest BCUT2D eigenvalue weighted by molar-refractivity contribution is -0.0677. The van der Waals surface area contributed by atoms with Gasteiger partial charge in [0.2, 0.25) is 0 Å². The monoisotopic (exact) mass is 190 g/mol. The summed E-state index contributed by atoms with van der Waals surface area (Å²) in [5.74, 6) is 2.38. The van der Waals surface area contributed by atoms with Gasteiger partial charge < -0.3 is 10.2 Å². The van der Waals surface area contributed by atoms with Crippen LogP contribution in [0.25, 0.3) is 0 Å². The van der Waals surface area contributed by atoms with E-state index in [1.54, 1.807) is 24.3 Å². The molecule has 2 heteroatoms. The molecule has 74 valence electrons. The zero-order chi connectivity index (χ0) is 10.6. The van der Waals surface area contributed by atoms with Crippen molar-refractivity contribution in [2.75, 3.05) is 0 Å². The van der Waals surface area contributed by atoms with E-state index in [-0.39, 0.29) is 6.42 Å². The molecule has 0 saturated heterocycles. The van der Waals surface area contributed by atoms with Crippen molar-refractivity contribution in [3.8, 4) is 12.3 Å². The zero-order valence-electron chi connectivity index (χ0n) is 8.14. The van der Waals surface area contributed by atoms with E-state index in [9.17, 15) is 10.2 Å². The molecule has 0 fully saturated rings. The van der Waals surface area contributed by atoms with Crippen LogP contribution >= 0.6 is 0 Å². The standard InChI is InChI=1S/C12H14O2/c1-3-9-12(14,10(2)13)11-7-5-4-6-8-11/h1,4-8,10,13-14H,9H2,2H3. The van der Waals surface area contributed by atoms with Crippen LogP contribution in [0.2, 0.25) is 0 Å². The fraction of sp³-hybridized carbons (Fsp3) is 0.333. The summed E-state index contributed by atoms with van der Waals surface area (Å²) in [6.45, 7) is 1.53. The Morgan fingerprint density at radius 3 is 2.43 bits per heavy atom. The van der Waals surface area contributed by atoms with Crippen LogP contribution in [0.1, 0.15) is 18.9 Å². The van der Waals surface area contributed by atoms with Gasteiger partial charge in [0.25, 0.3) is 0 Å². The number of terminal acetylenes is 1. The van der Waals surface area contributed by atoms with Crippen molar-refractivity contribution in [3.63, 3.8) is 0 Å². The van der Waals surface area contributed by atoms with Crippen molar-refractivity contribution in [2.24, 2.45) is 0 Å². The molecular formula is C12H14O2. The Hall–Kier alpha value is -1.30. The fourth-order valence-corrected chi connectivity index (χ4v) is 1.37. The molecule has 2 N–H and O–H groups in total. The lowest BCUT2D eigenvalue weighted by Crippen LogP contribution is -2.37. The average Bonchev–Trinajstić information content (AvgIpc) is 2.19. The molecule has 1 aromatic carbocycles. The highest BCUT2D eigenvalue weighted by atomic mass is 16.3. The zero-order valence-corrected chi connectivity index (χ0v) is 8.14. The third kappa shape index (κ3) is 1.95. The summed E-state index contributed by atoms with van der Waals surface area (Å²) >= 11 is 0. The molecule has 0 amide bonds. The lowest BCUT2D eigenvalue weighted by atomic mass is 9.86. The third-order valence-electron chi connectivity index (χ3n) is 2.34. The van der Waals surface area contributed by atoms with Crippen LogP contribution < -0.4 is 0 Å². The number of hydrogen-bond donors (Lipinski definition) is 2. The predicted octanol–water partition coefficient (Wildman–Crippen LogP) is 1.28. The van der Waals surface area contributed by atoms with Gasteiger partial charge >= 0.3 is 0 Å². The van der Waals surface area contributed by atoms with Gasteiger partial charge in [-0.1, -0.05) is 30.3 Å². The second kappa shape index (κ2) is 4.28. The third-order valence-corrected chi connectivity index (χ3v) is 2.34. The maximum atomic E-state index is 10.2. The highest BCUT2D eigenvalue weighted by molar-refractivity contribution is 5.25. The summed E-state index contributed by atoms with van der Waals surface area (Å²) in [6.07, 6.45) is 4.39. The first-order chi connectivity index (χ1) is 6.61. The van der Waals surface area contributed by atoms with Crippen LogP contribution in [0.15, 0.2) is 30.3 Å². The van der Waals surface area contributed by atoms with Crippen molar-refractivity contribution in [1.29, 1.82) is 0 Å². The minimum absolute atomic E-state index is 0.106. The molecule has 0 saturated carbocycles. The maximum absolute atomic E-state index is 10.2. The lowest BCUT2D eigenvalue weighted by Gasteiger charge is -2.29. The Bertz CT molecular complexity index is 324. The molecule has 0 heterocycles. The van der Waals surface area contributed by atoms with E-state index in [0.717, 1.165) is 0 Å². The summed E-state index contributed by atoms with van der Waals surface area (Å²) in [5.41, 5.74) is -0.691. The van der Waals surface area contributed by atoms with E-state index in [1.165, 1.54) is 6.92 Å². The number of benzene rings is 1. The van der Waals surface area contributed by atoms with Crippen molar-refractivity contribution < 1.29 is 10.2 Å². The van der Waals surface area contributed by atoms with Gasteiger partial charge in [0.15, 0.2) is 0 Å². The molecule has 1 aromatic rings. The van der Waals surface area contributed by atoms with Gasteiger partial charge in [-0.05, 0) is 12.5 Å². The Balaban J connectivity index is 3.07. The van der Waals surface area contributed by atoms with Gasteiger partial charge in [0, 0.05) is 6.42 Å². The van der Waals surface area contributed by atoms with Gasteiger partial charge in [-0.15, -0.1) is 12.3 Å². The summed E-state index contributed by atoms with van der Waals surface area (Å²) in [6, 6.07) is 8.97. The topological polar surface area (TPSA) is 40.5 Å². The number of rotatable bonds is 3. The molecule has 2 atom stereocenters. The minimum Gasteiger partial charge on any atom is -0.390 e. The van der Waals surface area contributed by atoms with Crippen LogP contribution in [0, 0.1) is 12.3 Å². The summed E-state index contributed by atoms with van der Waals surface area (Å²) in [4.78, 5) is 0. The fourth-order valence-electron chi connectivity index (χ4n) is 1.37. The largest absolute Gasteiger partial charge is 0.390 e. The van der Waals surface area contributed by atoms with E-state index in [0.29, 0.717) is 5.56 Å². The Morgan fingerprint density at radius 1 is 1.43 bits per heavy atom. The van der Waals surface area contributed by atoms with E-state index < -0.39 is 11.7 Å². The van der Waals surface area contributed by atoms with E-state index >= 15 is 0 Å². The second-order valence-corrected chi connectivity index (χ2v) is 3.35. The van der Waals surface area contributed by atoms with E-state index in [1.807, 2.05) is 6.07 Å². The molecule has 2 unspecified atom stereocenters. The molecule has 1 rings (SSSR count). The van der Waals surface area contributed by atoms with Gasteiger partial charge in [-0.3, -0.25) is 0 Å². The molecule has 14 heavy (non-hydrogen) atoms. The van der Waals surface area contributed by atoms with Crippen molar-refractivity contribution in [3.05, 3.63) is 35.9 Å². The first-order valence-corrected chi connectivity index (χ1v) is 4.50. The molecule has 0 aromatic heterocycles. The van der Waals surface area contributed by atoms with Crippen molar-refractivity contribution >= 4 is 0 Å². The van der Waals surface area contributed by atoms with Gasteiger partial charge in [-0.2, -0.15) is 0 Å². The molecule has 0 bridgehead atoms. The quantitative estimate of drug-likeness (QED) is 0.705. The molecule has 0 aliphatic carbocycles. The number of aliphatic hydroxyl groups excluding tert-OH is 1. The molecular weight excluding hydrogens is 176 g/mol. The van der Waals surface area contributed by atoms with Gasteiger partial charge in [-0.25, -0.2) is 0 Å². The summed E-state index contributed by atoms with van der Waals surface area (Å²) in [7, 11) is 0. The Labute approximate surface area is 84.2 Å². The molecule has 2 nitrogen and oxygen atoms in total. The summed E-state index contributed by atoms with van der Waals surface area (Å²) < 4.78 is 0.